The Hall–Kier alpha value is -3.44. The monoisotopic (exact) mass is 1060 g/mol. The number of halogens is 2. The zero-order valence-electron chi connectivity index (χ0n) is 27.7. The standard InChI is InChI=1S/2C16H17ClN5O2.2W/c1-4-22(6-5-17)11-8-10-12(7-9(11)2)21(3)14-13(18-10)15(23)20-16(24)19-14;1-4-22(6-5-17)11-8-12-10(7-9(11)2)18-13-14(21(12)3)19-16(24)20-15(13)23;;/h2*7-8H,1,4-6H2,2-3H3,(H,20,23,24);;/q2*-1;;. The molecule has 0 bridgehead atoms. The van der Waals surface area contributed by atoms with Gasteiger partial charge in [0.15, 0.2) is 23.0 Å². The molecule has 0 unspecified atom stereocenters. The van der Waals surface area contributed by atoms with E-state index in [4.69, 9.17) is 23.2 Å². The molecule has 0 aromatic heterocycles. The van der Waals surface area contributed by atoms with E-state index < -0.39 is 22.5 Å². The van der Waals surface area contributed by atoms with Gasteiger partial charge in [0.25, 0.3) is 11.1 Å². The van der Waals surface area contributed by atoms with Gasteiger partial charge in [0.1, 0.15) is 0 Å². The van der Waals surface area contributed by atoms with E-state index in [-0.39, 0.29) is 65.2 Å². The van der Waals surface area contributed by atoms with Crippen LogP contribution in [-0.4, -0.2) is 77.0 Å². The van der Waals surface area contributed by atoms with E-state index in [0.717, 1.165) is 33.5 Å². The number of hydrogen-bond acceptors (Lipinski definition) is 10. The Morgan fingerprint density at radius 3 is 1.50 bits per heavy atom. The van der Waals surface area contributed by atoms with E-state index in [1.807, 2.05) is 38.1 Å². The number of anilines is 2. The molecule has 0 amide bonds. The molecule has 50 heavy (non-hydrogen) atoms. The number of H-pyrrole nitrogens is 2. The summed E-state index contributed by atoms with van der Waals surface area (Å²) in [5.41, 5.74) is 4.70. The number of alkyl halides is 2. The average Bonchev–Trinajstić information content (AvgIpc) is 3.04. The molecule has 4 heterocycles. The first-order chi connectivity index (χ1) is 22.9. The fourth-order valence-electron chi connectivity index (χ4n) is 5.66. The quantitative estimate of drug-likeness (QED) is 0.132. The molecular formula is C32H34Cl2N10O4W2-2. The number of benzene rings is 2. The van der Waals surface area contributed by atoms with Gasteiger partial charge >= 0.3 is 11.4 Å². The van der Waals surface area contributed by atoms with Gasteiger partial charge in [-0.1, -0.05) is 0 Å². The van der Waals surface area contributed by atoms with Gasteiger partial charge in [-0.25, -0.2) is 19.6 Å². The Morgan fingerprint density at radius 1 is 0.660 bits per heavy atom. The molecule has 0 saturated carbocycles. The van der Waals surface area contributed by atoms with Gasteiger partial charge in [0.2, 0.25) is 0 Å². The summed E-state index contributed by atoms with van der Waals surface area (Å²) in [6.07, 6.45) is 0. The molecule has 18 heteroatoms. The number of rotatable bonds is 8. The summed E-state index contributed by atoms with van der Waals surface area (Å²) in [5.74, 6) is 1.50. The zero-order valence-corrected chi connectivity index (χ0v) is 35.1. The summed E-state index contributed by atoms with van der Waals surface area (Å²) in [7, 11) is 3.52. The van der Waals surface area contributed by atoms with Gasteiger partial charge in [0, 0.05) is 92.5 Å². The summed E-state index contributed by atoms with van der Waals surface area (Å²) in [5, 5.41) is 0. The number of aromatic amines is 2. The second-order valence-corrected chi connectivity index (χ2v) is 11.8. The maximum absolute atomic E-state index is 12.0. The smallest absolute Gasteiger partial charge is 0.349 e. The van der Waals surface area contributed by atoms with Crippen molar-refractivity contribution in [1.82, 2.24) is 39.0 Å². The Kier molecular flexibility index (Phi) is 14.1. The van der Waals surface area contributed by atoms with Crippen molar-refractivity contribution in [2.75, 3.05) is 47.7 Å². The molecule has 6 rings (SSSR count). The van der Waals surface area contributed by atoms with Crippen molar-refractivity contribution in [3.8, 4) is 23.0 Å². The number of aryl methyl sites for hydroxylation is 4. The van der Waals surface area contributed by atoms with Gasteiger partial charge in [-0.15, -0.1) is 36.3 Å². The van der Waals surface area contributed by atoms with Gasteiger partial charge in [-0.05, 0) is 49.2 Å². The molecule has 0 radical (unpaired) electrons. The molecule has 0 aliphatic carbocycles. The Morgan fingerprint density at radius 2 is 1.06 bits per heavy atom. The summed E-state index contributed by atoms with van der Waals surface area (Å²) in [6.45, 7) is 14.3. The van der Waals surface area contributed by atoms with Crippen molar-refractivity contribution in [2.24, 2.45) is 14.1 Å². The van der Waals surface area contributed by atoms with E-state index >= 15 is 0 Å². The Balaban J connectivity index is 0.000000260. The van der Waals surface area contributed by atoms with Crippen molar-refractivity contribution in [1.29, 1.82) is 0 Å². The van der Waals surface area contributed by atoms with Crippen molar-refractivity contribution >= 4 is 56.6 Å². The van der Waals surface area contributed by atoms with Gasteiger partial charge in [0.05, 0.1) is 22.1 Å². The minimum atomic E-state index is -0.682. The fourth-order valence-corrected chi connectivity index (χ4v) is 6.06. The van der Waals surface area contributed by atoms with Crippen LogP contribution in [0.4, 0.5) is 11.4 Å². The SMILES string of the molecule is [CH2-]CN(CCCl)c1cc2c(cc1C)nc1c(=O)[nH]c(=O)nc-1n2C.[CH2-]CN(CCCl)c1cc2nc3c(=O)[nH]c(=O)nc-3n(C)c2cc1C.[W].[W]. The third-order valence-electron chi connectivity index (χ3n) is 8.05. The summed E-state index contributed by atoms with van der Waals surface area (Å²) in [4.78, 5) is 72.0. The van der Waals surface area contributed by atoms with Gasteiger partial charge in [-0.2, -0.15) is 9.97 Å². The molecule has 2 aromatic carbocycles. The van der Waals surface area contributed by atoms with Crippen LogP contribution in [0.1, 0.15) is 11.1 Å². The number of aromatic nitrogens is 8. The van der Waals surface area contributed by atoms with Crippen molar-refractivity contribution in [3.05, 3.63) is 90.9 Å². The summed E-state index contributed by atoms with van der Waals surface area (Å²) < 4.78 is 3.42. The fraction of sp³-hybridized carbons (Fsp3) is 0.312. The zero-order chi connectivity index (χ0) is 34.9. The number of nitrogens with one attached hydrogen (secondary N) is 2. The molecule has 4 aliphatic heterocycles. The van der Waals surface area contributed by atoms with Crippen LogP contribution >= 0.6 is 23.2 Å². The molecule has 0 atom stereocenters. The summed E-state index contributed by atoms with van der Waals surface area (Å²) >= 11 is 11.7. The van der Waals surface area contributed by atoms with Gasteiger partial charge in [-0.3, -0.25) is 19.6 Å². The van der Waals surface area contributed by atoms with Crippen LogP contribution in [0, 0.1) is 27.7 Å². The third kappa shape index (κ3) is 8.04. The first kappa shape index (κ1) is 41.0. The predicted molar refractivity (Wildman–Crippen MR) is 190 cm³/mol. The molecular weight excluding hydrogens is 1030 g/mol. The third-order valence-corrected chi connectivity index (χ3v) is 8.39. The average molecular weight is 1060 g/mol. The van der Waals surface area contributed by atoms with E-state index in [1.165, 1.54) is 0 Å². The van der Waals surface area contributed by atoms with Crippen LogP contribution in [0.15, 0.2) is 43.4 Å². The molecule has 2 aromatic rings. The summed E-state index contributed by atoms with van der Waals surface area (Å²) in [6, 6.07) is 7.74. The second-order valence-electron chi connectivity index (χ2n) is 11.0. The minimum absolute atomic E-state index is 0. The van der Waals surface area contributed by atoms with Crippen LogP contribution in [0.3, 0.4) is 0 Å². The normalized spacial score (nSPS) is 10.9. The maximum Gasteiger partial charge on any atom is 0.349 e. The second kappa shape index (κ2) is 17.2. The first-order valence-electron chi connectivity index (χ1n) is 15.0. The van der Waals surface area contributed by atoms with Crippen molar-refractivity contribution in [3.63, 3.8) is 0 Å². The number of hydrogen-bond donors (Lipinski definition) is 2. The topological polar surface area (TPSA) is 168 Å². The molecule has 2 N–H and O–H groups in total. The minimum Gasteiger partial charge on any atom is -0.400 e. The van der Waals surface area contributed by atoms with Crippen LogP contribution in [0.25, 0.3) is 45.1 Å². The van der Waals surface area contributed by atoms with Crippen LogP contribution < -0.4 is 32.3 Å². The predicted octanol–water partition coefficient (Wildman–Crippen LogP) is 2.61. The Labute approximate surface area is 325 Å². The van der Waals surface area contributed by atoms with Crippen LogP contribution in [0.2, 0.25) is 0 Å². The van der Waals surface area contributed by atoms with Crippen molar-refractivity contribution in [2.45, 2.75) is 13.8 Å². The van der Waals surface area contributed by atoms with E-state index in [2.05, 4.69) is 53.6 Å². The van der Waals surface area contributed by atoms with Crippen molar-refractivity contribution < 1.29 is 42.1 Å². The van der Waals surface area contributed by atoms with E-state index in [0.29, 0.717) is 49.0 Å². The van der Waals surface area contributed by atoms with Crippen LogP contribution in [-0.2, 0) is 56.2 Å². The number of fused-ring (bicyclic) bond motifs is 4. The molecule has 4 aliphatic rings. The van der Waals surface area contributed by atoms with E-state index in [9.17, 15) is 19.2 Å². The molecule has 0 spiro atoms. The molecule has 0 fully saturated rings. The molecule has 0 saturated heterocycles. The van der Waals surface area contributed by atoms with Crippen LogP contribution in [0.5, 0.6) is 0 Å². The molecule has 14 nitrogen and oxygen atoms in total. The number of nitrogens with zero attached hydrogens (tertiary/aromatic N) is 8. The molecule has 264 valence electrons. The van der Waals surface area contributed by atoms with Gasteiger partial charge < -0.3 is 32.8 Å². The largest absolute Gasteiger partial charge is 0.400 e. The first-order valence-corrected chi connectivity index (χ1v) is 16.0. The maximum atomic E-state index is 12.0. The Bertz CT molecular complexity index is 2330. The van der Waals surface area contributed by atoms with E-state index in [1.54, 1.807) is 23.2 Å².